The zero-order chi connectivity index (χ0) is 7.03. The highest BCUT2D eigenvalue weighted by atomic mass is 127. The van der Waals surface area contributed by atoms with E-state index in [0.717, 1.165) is 32.8 Å². The Morgan fingerprint density at radius 2 is 2.30 bits per heavy atom. The van der Waals surface area contributed by atoms with Crippen molar-refractivity contribution in [3.63, 3.8) is 0 Å². The summed E-state index contributed by atoms with van der Waals surface area (Å²) in [4.78, 5) is 0. The predicted octanol–water partition coefficient (Wildman–Crippen LogP) is 0.0106. The smallest absolute Gasteiger partial charge is 0.0894 e. The third-order valence-electron chi connectivity index (χ3n) is 2.20. The van der Waals surface area contributed by atoms with Gasteiger partial charge in [-0.1, -0.05) is 0 Å². The molecule has 0 saturated carbocycles. The number of nitrogens with zero attached hydrogens (tertiary/aromatic N) is 1. The van der Waals surface area contributed by atoms with E-state index in [1.54, 1.807) is 0 Å². The molecule has 3 nitrogen and oxygen atoms in total. The Bertz CT molecular complexity index is 138. The van der Waals surface area contributed by atoms with Gasteiger partial charge in [-0.15, -0.1) is 0 Å². The summed E-state index contributed by atoms with van der Waals surface area (Å²) in [5.41, 5.74) is 0.346. The zero-order valence-corrected chi connectivity index (χ0v) is 7.93. The summed E-state index contributed by atoms with van der Waals surface area (Å²) in [6.45, 7) is 5.16. The normalized spacial score (nSPS) is 32.1. The van der Waals surface area contributed by atoms with Gasteiger partial charge in [0.25, 0.3) is 0 Å². The van der Waals surface area contributed by atoms with Crippen LogP contribution < -0.4 is 5.32 Å². The van der Waals surface area contributed by atoms with E-state index in [-0.39, 0.29) is 0 Å². The average Bonchev–Trinajstić information content (AvgIpc) is 1.85. The molecular weight excluding hydrogens is 243 g/mol. The van der Waals surface area contributed by atoms with E-state index < -0.39 is 0 Å². The second-order valence-electron chi connectivity index (χ2n) is 2.98. The first-order chi connectivity index (χ1) is 4.83. The number of piperazine rings is 1. The fraction of sp³-hybridized carbons (Fsp3) is 1.00. The first-order valence-electron chi connectivity index (χ1n) is 3.55. The molecule has 0 bridgehead atoms. The maximum atomic E-state index is 5.20. The molecule has 1 spiro atoms. The molecule has 2 fully saturated rings. The molecule has 0 amide bonds. The minimum atomic E-state index is 0.346. The van der Waals surface area contributed by atoms with Gasteiger partial charge < -0.3 is 10.1 Å². The molecular formula is C6H11IN2O. The van der Waals surface area contributed by atoms with E-state index in [1.807, 2.05) is 0 Å². The largest absolute Gasteiger partial charge is 0.377 e. The molecule has 2 heterocycles. The van der Waals surface area contributed by atoms with E-state index in [4.69, 9.17) is 4.74 Å². The van der Waals surface area contributed by atoms with Crippen LogP contribution in [0.25, 0.3) is 0 Å². The molecule has 2 rings (SSSR count). The fourth-order valence-electron chi connectivity index (χ4n) is 1.40. The van der Waals surface area contributed by atoms with Crippen LogP contribution in [0.4, 0.5) is 0 Å². The average molecular weight is 254 g/mol. The van der Waals surface area contributed by atoms with Crippen LogP contribution in [0.1, 0.15) is 0 Å². The van der Waals surface area contributed by atoms with E-state index in [2.05, 4.69) is 31.3 Å². The molecule has 0 aromatic rings. The molecule has 0 aromatic heterocycles. The van der Waals surface area contributed by atoms with Crippen LogP contribution in [0.3, 0.4) is 0 Å². The Balaban J connectivity index is 2.03. The summed E-state index contributed by atoms with van der Waals surface area (Å²) in [6.07, 6.45) is 0. The van der Waals surface area contributed by atoms with Crippen molar-refractivity contribution in [1.29, 1.82) is 0 Å². The highest BCUT2D eigenvalue weighted by Crippen LogP contribution is 2.28. The molecule has 1 N–H and O–H groups in total. The van der Waals surface area contributed by atoms with Gasteiger partial charge in [-0.05, 0) is 0 Å². The van der Waals surface area contributed by atoms with E-state index in [0.29, 0.717) is 5.54 Å². The van der Waals surface area contributed by atoms with E-state index in [9.17, 15) is 0 Å². The van der Waals surface area contributed by atoms with Crippen LogP contribution in [0.2, 0.25) is 0 Å². The summed E-state index contributed by atoms with van der Waals surface area (Å²) in [5.74, 6) is 0. The number of hydrogen-bond donors (Lipinski definition) is 1. The van der Waals surface area contributed by atoms with Gasteiger partial charge >= 0.3 is 0 Å². The van der Waals surface area contributed by atoms with Crippen LogP contribution in [0.5, 0.6) is 0 Å². The highest BCUT2D eigenvalue weighted by Gasteiger charge is 2.44. The van der Waals surface area contributed by atoms with Crippen LogP contribution in [0.15, 0.2) is 0 Å². The van der Waals surface area contributed by atoms with Crippen molar-refractivity contribution in [1.82, 2.24) is 8.43 Å². The lowest BCUT2D eigenvalue weighted by molar-refractivity contribution is -0.108. The van der Waals surface area contributed by atoms with Gasteiger partial charge in [-0.2, -0.15) is 0 Å². The van der Waals surface area contributed by atoms with E-state index >= 15 is 0 Å². The van der Waals surface area contributed by atoms with Gasteiger partial charge in [0.05, 0.1) is 18.8 Å². The zero-order valence-electron chi connectivity index (χ0n) is 5.77. The molecule has 58 valence electrons. The molecule has 0 radical (unpaired) electrons. The Kier molecular flexibility index (Phi) is 1.88. The van der Waals surface area contributed by atoms with Gasteiger partial charge in [0.2, 0.25) is 0 Å². The highest BCUT2D eigenvalue weighted by molar-refractivity contribution is 14.1. The van der Waals surface area contributed by atoms with Crippen LogP contribution in [-0.2, 0) is 4.74 Å². The SMILES string of the molecule is IN1CCNCC12COC2. The Labute approximate surface area is 74.6 Å². The number of halogens is 1. The summed E-state index contributed by atoms with van der Waals surface area (Å²) in [7, 11) is 0. The monoisotopic (exact) mass is 254 g/mol. The molecule has 0 unspecified atom stereocenters. The lowest BCUT2D eigenvalue weighted by Gasteiger charge is -2.49. The van der Waals surface area contributed by atoms with Gasteiger partial charge in [0.15, 0.2) is 0 Å². The van der Waals surface area contributed by atoms with Crippen molar-refractivity contribution in [3.05, 3.63) is 0 Å². The van der Waals surface area contributed by atoms with Crippen molar-refractivity contribution >= 4 is 22.9 Å². The molecule has 2 aliphatic rings. The molecule has 4 heteroatoms. The summed E-state index contributed by atoms with van der Waals surface area (Å²) < 4.78 is 7.58. The summed E-state index contributed by atoms with van der Waals surface area (Å²) in [5, 5.41) is 3.38. The van der Waals surface area contributed by atoms with Crippen LogP contribution in [0, 0.1) is 0 Å². The van der Waals surface area contributed by atoms with Gasteiger partial charge in [-0.3, -0.25) is 0 Å². The number of hydrogen-bond acceptors (Lipinski definition) is 3. The molecule has 10 heavy (non-hydrogen) atoms. The molecule has 0 atom stereocenters. The summed E-state index contributed by atoms with van der Waals surface area (Å²) >= 11 is 2.40. The molecule has 2 aliphatic heterocycles. The van der Waals surface area contributed by atoms with Crippen LogP contribution >= 0.6 is 22.9 Å². The maximum absolute atomic E-state index is 5.20. The predicted molar refractivity (Wildman–Crippen MR) is 47.1 cm³/mol. The van der Waals surface area contributed by atoms with Gasteiger partial charge in [-0.25, -0.2) is 3.11 Å². The van der Waals surface area contributed by atoms with Crippen molar-refractivity contribution in [2.75, 3.05) is 32.8 Å². The van der Waals surface area contributed by atoms with Crippen molar-refractivity contribution in [2.24, 2.45) is 0 Å². The topological polar surface area (TPSA) is 24.5 Å². The number of ether oxygens (including phenoxy) is 1. The van der Waals surface area contributed by atoms with Gasteiger partial charge in [0, 0.05) is 42.5 Å². The molecule has 2 saturated heterocycles. The maximum Gasteiger partial charge on any atom is 0.0894 e. The van der Waals surface area contributed by atoms with Gasteiger partial charge in [0.1, 0.15) is 0 Å². The Morgan fingerprint density at radius 3 is 2.70 bits per heavy atom. The minimum Gasteiger partial charge on any atom is -0.377 e. The molecule has 0 aliphatic carbocycles. The number of rotatable bonds is 0. The third kappa shape index (κ3) is 0.975. The second-order valence-corrected chi connectivity index (χ2v) is 4.14. The Hall–Kier alpha value is 0.610. The van der Waals surface area contributed by atoms with Crippen molar-refractivity contribution in [2.45, 2.75) is 5.54 Å². The number of nitrogens with one attached hydrogen (secondary N) is 1. The quantitative estimate of drug-likeness (QED) is 0.487. The third-order valence-corrected chi connectivity index (χ3v) is 3.70. The molecule has 0 aromatic carbocycles. The van der Waals surface area contributed by atoms with Crippen molar-refractivity contribution in [3.8, 4) is 0 Å². The van der Waals surface area contributed by atoms with Crippen molar-refractivity contribution < 1.29 is 4.74 Å². The fourth-order valence-corrected chi connectivity index (χ4v) is 2.09. The minimum absolute atomic E-state index is 0.346. The lowest BCUT2D eigenvalue weighted by Crippen LogP contribution is -2.67. The van der Waals surface area contributed by atoms with Crippen LogP contribution in [-0.4, -0.2) is 41.5 Å². The first kappa shape index (κ1) is 7.27. The summed E-state index contributed by atoms with van der Waals surface area (Å²) in [6, 6.07) is 0. The first-order valence-corrected chi connectivity index (χ1v) is 4.52. The Morgan fingerprint density at radius 1 is 1.50 bits per heavy atom. The second kappa shape index (κ2) is 2.58. The van der Waals surface area contributed by atoms with E-state index in [1.165, 1.54) is 0 Å². The lowest BCUT2D eigenvalue weighted by atomic mass is 9.96. The standard InChI is InChI=1S/C6H11IN2O/c7-9-2-1-8-3-6(9)4-10-5-6/h8H,1-5H2.